The van der Waals surface area contributed by atoms with Crippen molar-refractivity contribution >= 4 is 41.5 Å². The Labute approximate surface area is 190 Å². The van der Waals surface area contributed by atoms with E-state index < -0.39 is 0 Å². The molecule has 7 nitrogen and oxygen atoms in total. The number of hydrogen-bond acceptors (Lipinski definition) is 4. The predicted octanol–water partition coefficient (Wildman–Crippen LogP) is 3.63. The highest BCUT2D eigenvalue weighted by Gasteiger charge is 2.22. The molecule has 1 aromatic carbocycles. The smallest absolute Gasteiger partial charge is 0.224 e. The van der Waals surface area contributed by atoms with Crippen LogP contribution in [0.5, 0.6) is 11.5 Å². The highest BCUT2D eigenvalue weighted by atomic mass is 127. The highest BCUT2D eigenvalue weighted by Crippen LogP contribution is 2.32. The fourth-order valence-corrected chi connectivity index (χ4v) is 3.56. The molecule has 162 valence electrons. The van der Waals surface area contributed by atoms with Gasteiger partial charge in [-0.3, -0.25) is 9.79 Å². The summed E-state index contributed by atoms with van der Waals surface area (Å²) in [5.74, 6) is 2.37. The van der Waals surface area contributed by atoms with Gasteiger partial charge in [-0.05, 0) is 45.2 Å². The molecule has 2 aliphatic rings. The Morgan fingerprint density at radius 2 is 2.00 bits per heavy atom. The van der Waals surface area contributed by atoms with E-state index in [9.17, 15) is 4.79 Å². The maximum Gasteiger partial charge on any atom is 0.224 e. The Morgan fingerprint density at radius 3 is 2.76 bits per heavy atom. The average molecular weight is 516 g/mol. The van der Waals surface area contributed by atoms with E-state index in [0.717, 1.165) is 49.5 Å². The Bertz CT molecular complexity index is 699. The van der Waals surface area contributed by atoms with E-state index in [1.165, 1.54) is 6.42 Å². The summed E-state index contributed by atoms with van der Waals surface area (Å²) >= 11 is 0. The van der Waals surface area contributed by atoms with Gasteiger partial charge in [-0.1, -0.05) is 0 Å². The summed E-state index contributed by atoms with van der Waals surface area (Å²) in [7, 11) is 0. The number of aliphatic imine (C=N–C) groups is 1. The monoisotopic (exact) mass is 516 g/mol. The lowest BCUT2D eigenvalue weighted by molar-refractivity contribution is -0.134. The van der Waals surface area contributed by atoms with Gasteiger partial charge in [0.15, 0.2) is 17.5 Å². The van der Waals surface area contributed by atoms with Crippen LogP contribution in [0.1, 0.15) is 46.0 Å². The number of fused-ring (bicyclic) bond motifs is 1. The van der Waals surface area contributed by atoms with E-state index in [1.54, 1.807) is 0 Å². The molecular formula is C21H33IN4O3. The second kappa shape index (κ2) is 12.1. The van der Waals surface area contributed by atoms with E-state index in [-0.39, 0.29) is 29.9 Å². The van der Waals surface area contributed by atoms with Crippen LogP contribution in [0.15, 0.2) is 23.2 Å². The fourth-order valence-electron chi connectivity index (χ4n) is 3.56. The van der Waals surface area contributed by atoms with Gasteiger partial charge >= 0.3 is 0 Å². The zero-order valence-electron chi connectivity index (χ0n) is 17.4. The first-order valence-corrected chi connectivity index (χ1v) is 10.4. The highest BCUT2D eigenvalue weighted by molar-refractivity contribution is 14.0. The standard InChI is InChI=1S/C21H32N4O3.HI/c1-3-22-21(23-11-10-20(26)25-12-5-4-7-16(25)2)24-17-8-9-18-19(15-17)28-14-6-13-27-18;/h8-9,15-16H,3-7,10-14H2,1-2H3,(H2,22,23,24);1H. The molecule has 0 radical (unpaired) electrons. The zero-order valence-corrected chi connectivity index (χ0v) is 19.7. The van der Waals surface area contributed by atoms with Gasteiger partial charge < -0.3 is 25.0 Å². The van der Waals surface area contributed by atoms with Crippen molar-refractivity contribution in [3.05, 3.63) is 18.2 Å². The molecular weight excluding hydrogens is 483 g/mol. The number of piperidine rings is 1. The lowest BCUT2D eigenvalue weighted by atomic mass is 10.0. The minimum atomic E-state index is 0. The SMILES string of the molecule is CCNC(=NCCC(=O)N1CCCCC1C)Nc1ccc2c(c1)OCCCO2.I. The summed E-state index contributed by atoms with van der Waals surface area (Å²) < 4.78 is 11.4. The second-order valence-corrected chi connectivity index (χ2v) is 7.28. The number of carbonyl (C=O) groups excluding carboxylic acids is 1. The Morgan fingerprint density at radius 1 is 1.21 bits per heavy atom. The van der Waals surface area contributed by atoms with Crippen molar-refractivity contribution in [1.29, 1.82) is 0 Å². The number of nitrogens with zero attached hydrogens (tertiary/aromatic N) is 2. The van der Waals surface area contributed by atoms with Crippen LogP contribution in [-0.4, -0.2) is 55.7 Å². The normalized spacial score (nSPS) is 19.0. The number of hydrogen-bond donors (Lipinski definition) is 2. The van der Waals surface area contributed by atoms with Crippen molar-refractivity contribution in [3.8, 4) is 11.5 Å². The number of likely N-dealkylation sites (tertiary alicyclic amines) is 1. The number of halogens is 1. The molecule has 1 atom stereocenters. The van der Waals surface area contributed by atoms with Gasteiger partial charge in [-0.15, -0.1) is 24.0 Å². The van der Waals surface area contributed by atoms with Gasteiger partial charge in [-0.25, -0.2) is 0 Å². The van der Waals surface area contributed by atoms with Gasteiger partial charge in [0.2, 0.25) is 5.91 Å². The number of anilines is 1. The lowest BCUT2D eigenvalue weighted by Gasteiger charge is -2.33. The number of carbonyl (C=O) groups is 1. The molecule has 8 heteroatoms. The predicted molar refractivity (Wildman–Crippen MR) is 127 cm³/mol. The van der Waals surface area contributed by atoms with E-state index >= 15 is 0 Å². The number of rotatable bonds is 5. The molecule has 2 N–H and O–H groups in total. The number of amides is 1. The number of ether oxygens (including phenoxy) is 2. The van der Waals surface area contributed by atoms with Crippen LogP contribution in [0, 0.1) is 0 Å². The third-order valence-electron chi connectivity index (χ3n) is 5.07. The van der Waals surface area contributed by atoms with Gasteiger partial charge in [0, 0.05) is 43.7 Å². The summed E-state index contributed by atoms with van der Waals surface area (Å²) in [4.78, 5) is 19.1. The molecule has 1 aromatic rings. The van der Waals surface area contributed by atoms with Crippen LogP contribution < -0.4 is 20.1 Å². The Hall–Kier alpha value is -1.71. The van der Waals surface area contributed by atoms with Gasteiger partial charge in [-0.2, -0.15) is 0 Å². The molecule has 29 heavy (non-hydrogen) atoms. The molecule has 1 saturated heterocycles. The summed E-state index contributed by atoms with van der Waals surface area (Å²) in [6, 6.07) is 6.13. The van der Waals surface area contributed by atoms with E-state index in [2.05, 4.69) is 22.5 Å². The summed E-state index contributed by atoms with van der Waals surface area (Å²) in [5.41, 5.74) is 0.875. The first kappa shape index (κ1) is 23.6. The average Bonchev–Trinajstić information content (AvgIpc) is 2.93. The summed E-state index contributed by atoms with van der Waals surface area (Å²) in [6.07, 6.45) is 4.73. The summed E-state index contributed by atoms with van der Waals surface area (Å²) in [5, 5.41) is 6.52. The topological polar surface area (TPSA) is 75.2 Å². The number of guanidine groups is 1. The van der Waals surface area contributed by atoms with Crippen LogP contribution in [-0.2, 0) is 4.79 Å². The molecule has 0 aliphatic carbocycles. The van der Waals surface area contributed by atoms with Crippen LogP contribution >= 0.6 is 24.0 Å². The zero-order chi connectivity index (χ0) is 19.8. The van der Waals surface area contributed by atoms with Crippen molar-refractivity contribution in [1.82, 2.24) is 10.2 Å². The van der Waals surface area contributed by atoms with E-state index in [0.29, 0.717) is 38.2 Å². The minimum Gasteiger partial charge on any atom is -0.490 e. The maximum absolute atomic E-state index is 12.5. The largest absolute Gasteiger partial charge is 0.490 e. The molecule has 2 aliphatic heterocycles. The number of benzene rings is 1. The lowest BCUT2D eigenvalue weighted by Crippen LogP contribution is -2.42. The van der Waals surface area contributed by atoms with Crippen LogP contribution in [0.4, 0.5) is 5.69 Å². The molecule has 2 heterocycles. The molecule has 0 saturated carbocycles. The van der Waals surface area contributed by atoms with Crippen molar-refractivity contribution in [2.75, 3.05) is 38.2 Å². The van der Waals surface area contributed by atoms with E-state index in [1.807, 2.05) is 30.0 Å². The Balaban J connectivity index is 0.00000300. The molecule has 0 bridgehead atoms. The van der Waals surface area contributed by atoms with Crippen molar-refractivity contribution < 1.29 is 14.3 Å². The third kappa shape index (κ3) is 6.94. The maximum atomic E-state index is 12.5. The second-order valence-electron chi connectivity index (χ2n) is 7.28. The molecule has 1 amide bonds. The molecule has 1 unspecified atom stereocenters. The van der Waals surface area contributed by atoms with Crippen LogP contribution in [0.25, 0.3) is 0 Å². The minimum absolute atomic E-state index is 0. The van der Waals surface area contributed by atoms with Crippen molar-refractivity contribution in [2.45, 2.75) is 52.0 Å². The third-order valence-corrected chi connectivity index (χ3v) is 5.07. The quantitative estimate of drug-likeness (QED) is 0.355. The van der Waals surface area contributed by atoms with Gasteiger partial charge in [0.1, 0.15) is 0 Å². The fraction of sp³-hybridized carbons (Fsp3) is 0.619. The van der Waals surface area contributed by atoms with Gasteiger partial charge in [0.25, 0.3) is 0 Å². The molecule has 0 spiro atoms. The van der Waals surface area contributed by atoms with E-state index in [4.69, 9.17) is 9.47 Å². The first-order chi connectivity index (χ1) is 13.7. The Kier molecular flexibility index (Phi) is 9.83. The first-order valence-electron chi connectivity index (χ1n) is 10.4. The molecule has 3 rings (SSSR count). The van der Waals surface area contributed by atoms with Crippen molar-refractivity contribution in [2.24, 2.45) is 4.99 Å². The molecule has 0 aromatic heterocycles. The van der Waals surface area contributed by atoms with Crippen molar-refractivity contribution in [3.63, 3.8) is 0 Å². The van der Waals surface area contributed by atoms with Crippen LogP contribution in [0.3, 0.4) is 0 Å². The molecule has 1 fully saturated rings. The van der Waals surface area contributed by atoms with Crippen LogP contribution in [0.2, 0.25) is 0 Å². The number of nitrogens with one attached hydrogen (secondary N) is 2. The van der Waals surface area contributed by atoms with Gasteiger partial charge in [0.05, 0.1) is 19.8 Å². The summed E-state index contributed by atoms with van der Waals surface area (Å²) in [6.45, 7) is 7.56.